The van der Waals surface area contributed by atoms with Gasteiger partial charge in [0, 0.05) is 11.3 Å². The molecule has 3 aromatic rings. The fourth-order valence-corrected chi connectivity index (χ4v) is 3.03. The second kappa shape index (κ2) is 4.02. The molecule has 0 aliphatic rings. The first-order chi connectivity index (χ1) is 8.24. The number of hydrogen-bond acceptors (Lipinski definition) is 3. The van der Waals surface area contributed by atoms with Crippen LogP contribution in [0.25, 0.3) is 20.8 Å². The van der Waals surface area contributed by atoms with Crippen LogP contribution in [0.3, 0.4) is 0 Å². The summed E-state index contributed by atoms with van der Waals surface area (Å²) in [6, 6.07) is 13.5. The number of halogens is 1. The summed E-state index contributed by atoms with van der Waals surface area (Å²) in [5.74, 6) is 0. The van der Waals surface area contributed by atoms with Gasteiger partial charge in [-0.3, -0.25) is 0 Å². The van der Waals surface area contributed by atoms with Crippen LogP contribution in [0.1, 0.15) is 0 Å². The number of fused-ring (bicyclic) bond motifs is 1. The lowest BCUT2D eigenvalue weighted by Gasteiger charge is -1.97. The molecule has 2 aromatic carbocycles. The van der Waals surface area contributed by atoms with Crippen molar-refractivity contribution in [2.75, 3.05) is 5.73 Å². The van der Waals surface area contributed by atoms with Crippen molar-refractivity contribution in [2.45, 2.75) is 0 Å². The van der Waals surface area contributed by atoms with Gasteiger partial charge >= 0.3 is 0 Å². The standard InChI is InChI=1S/C13H9ClN2S/c14-10-4-2-1-3-9(10)13-16-11-6-5-8(15)7-12(11)17-13/h1-7H,15H2. The molecule has 2 N–H and O–H groups in total. The van der Waals surface area contributed by atoms with Crippen LogP contribution in [-0.2, 0) is 0 Å². The largest absolute Gasteiger partial charge is 0.399 e. The summed E-state index contributed by atoms with van der Waals surface area (Å²) in [7, 11) is 0. The maximum Gasteiger partial charge on any atom is 0.126 e. The van der Waals surface area contributed by atoms with E-state index in [1.54, 1.807) is 11.3 Å². The molecule has 3 rings (SSSR count). The van der Waals surface area contributed by atoms with Gasteiger partial charge in [-0.15, -0.1) is 11.3 Å². The van der Waals surface area contributed by atoms with Crippen molar-refractivity contribution < 1.29 is 0 Å². The Morgan fingerprint density at radius 1 is 1.12 bits per heavy atom. The molecule has 0 saturated heterocycles. The van der Waals surface area contributed by atoms with Crippen LogP contribution >= 0.6 is 22.9 Å². The van der Waals surface area contributed by atoms with Gasteiger partial charge in [-0.2, -0.15) is 0 Å². The lowest BCUT2D eigenvalue weighted by Crippen LogP contribution is -1.81. The van der Waals surface area contributed by atoms with Crippen LogP contribution in [-0.4, -0.2) is 4.98 Å². The van der Waals surface area contributed by atoms with Gasteiger partial charge < -0.3 is 5.73 Å². The lowest BCUT2D eigenvalue weighted by molar-refractivity contribution is 1.48. The van der Waals surface area contributed by atoms with Crippen molar-refractivity contribution in [1.29, 1.82) is 0 Å². The molecule has 0 amide bonds. The van der Waals surface area contributed by atoms with Crippen LogP contribution < -0.4 is 5.73 Å². The van der Waals surface area contributed by atoms with Crippen LogP contribution in [0.4, 0.5) is 5.69 Å². The topological polar surface area (TPSA) is 38.9 Å². The number of benzene rings is 2. The average Bonchev–Trinajstić information content (AvgIpc) is 2.72. The number of rotatable bonds is 1. The molecule has 84 valence electrons. The number of nitrogen functional groups attached to an aromatic ring is 1. The zero-order valence-corrected chi connectivity index (χ0v) is 10.4. The summed E-state index contributed by atoms with van der Waals surface area (Å²) in [4.78, 5) is 4.56. The van der Waals surface area contributed by atoms with E-state index in [4.69, 9.17) is 17.3 Å². The maximum absolute atomic E-state index is 6.16. The van der Waals surface area contributed by atoms with E-state index in [9.17, 15) is 0 Å². The van der Waals surface area contributed by atoms with Crippen molar-refractivity contribution in [3.05, 3.63) is 47.5 Å². The molecule has 0 bridgehead atoms. The highest BCUT2D eigenvalue weighted by Crippen LogP contribution is 2.34. The monoisotopic (exact) mass is 260 g/mol. The lowest BCUT2D eigenvalue weighted by atomic mass is 10.2. The maximum atomic E-state index is 6.16. The first kappa shape index (κ1) is 10.6. The fourth-order valence-electron chi connectivity index (χ4n) is 1.69. The molecule has 0 aliphatic carbocycles. The molecule has 0 aliphatic heterocycles. The Kier molecular flexibility index (Phi) is 2.50. The second-order valence-electron chi connectivity index (χ2n) is 3.73. The predicted octanol–water partition coefficient (Wildman–Crippen LogP) is 4.20. The molecule has 17 heavy (non-hydrogen) atoms. The first-order valence-corrected chi connectivity index (χ1v) is 6.34. The normalized spacial score (nSPS) is 10.9. The van der Waals surface area contributed by atoms with E-state index in [1.807, 2.05) is 42.5 Å². The Hall–Kier alpha value is -1.58. The van der Waals surface area contributed by atoms with Gasteiger partial charge in [0.2, 0.25) is 0 Å². The van der Waals surface area contributed by atoms with E-state index in [0.717, 1.165) is 31.5 Å². The molecule has 0 radical (unpaired) electrons. The molecule has 0 atom stereocenters. The molecule has 2 nitrogen and oxygen atoms in total. The summed E-state index contributed by atoms with van der Waals surface area (Å²) in [5.41, 5.74) is 8.44. The van der Waals surface area contributed by atoms with Gasteiger partial charge in [-0.05, 0) is 24.3 Å². The minimum Gasteiger partial charge on any atom is -0.399 e. The highest BCUT2D eigenvalue weighted by molar-refractivity contribution is 7.21. The van der Waals surface area contributed by atoms with Crippen LogP contribution in [0.15, 0.2) is 42.5 Å². The summed E-state index contributed by atoms with van der Waals surface area (Å²) in [6.07, 6.45) is 0. The number of nitrogens with two attached hydrogens (primary N) is 1. The second-order valence-corrected chi connectivity index (χ2v) is 5.16. The van der Waals surface area contributed by atoms with Crippen molar-refractivity contribution in [3.63, 3.8) is 0 Å². The molecule has 0 saturated carbocycles. The Morgan fingerprint density at radius 3 is 2.76 bits per heavy atom. The Labute approximate surface area is 108 Å². The third-order valence-electron chi connectivity index (χ3n) is 2.52. The zero-order chi connectivity index (χ0) is 11.8. The predicted molar refractivity (Wildman–Crippen MR) is 74.5 cm³/mol. The third kappa shape index (κ3) is 1.88. The first-order valence-electron chi connectivity index (χ1n) is 5.15. The summed E-state index contributed by atoms with van der Waals surface area (Å²) < 4.78 is 1.08. The van der Waals surface area contributed by atoms with E-state index >= 15 is 0 Å². The molecule has 0 unspecified atom stereocenters. The Bertz CT molecular complexity index is 691. The molecule has 0 spiro atoms. The highest BCUT2D eigenvalue weighted by Gasteiger charge is 2.08. The Balaban J connectivity index is 2.22. The summed E-state index contributed by atoms with van der Waals surface area (Å²) >= 11 is 7.76. The minimum atomic E-state index is 0.722. The molecule has 1 aromatic heterocycles. The van der Waals surface area contributed by atoms with E-state index in [1.165, 1.54) is 0 Å². The van der Waals surface area contributed by atoms with E-state index < -0.39 is 0 Å². The molecular formula is C13H9ClN2S. The SMILES string of the molecule is Nc1ccc2nc(-c3ccccc3Cl)sc2c1. The Morgan fingerprint density at radius 2 is 1.94 bits per heavy atom. The van der Waals surface area contributed by atoms with Crippen molar-refractivity contribution in [2.24, 2.45) is 0 Å². The van der Waals surface area contributed by atoms with Gasteiger partial charge in [0.15, 0.2) is 0 Å². The van der Waals surface area contributed by atoms with E-state index in [-0.39, 0.29) is 0 Å². The van der Waals surface area contributed by atoms with Gasteiger partial charge in [-0.25, -0.2) is 4.98 Å². The van der Waals surface area contributed by atoms with Crippen molar-refractivity contribution in [1.82, 2.24) is 4.98 Å². The third-order valence-corrected chi connectivity index (χ3v) is 3.90. The zero-order valence-electron chi connectivity index (χ0n) is 8.85. The number of hydrogen-bond donors (Lipinski definition) is 1. The van der Waals surface area contributed by atoms with Gasteiger partial charge in [0.1, 0.15) is 5.01 Å². The van der Waals surface area contributed by atoms with E-state index in [2.05, 4.69) is 4.98 Å². The minimum absolute atomic E-state index is 0.722. The molecule has 0 fully saturated rings. The molecule has 4 heteroatoms. The average molecular weight is 261 g/mol. The summed E-state index contributed by atoms with van der Waals surface area (Å²) in [5, 5.41) is 1.65. The van der Waals surface area contributed by atoms with Crippen LogP contribution in [0.2, 0.25) is 5.02 Å². The number of thiazole rings is 1. The summed E-state index contributed by atoms with van der Waals surface area (Å²) in [6.45, 7) is 0. The number of anilines is 1. The highest BCUT2D eigenvalue weighted by atomic mass is 35.5. The molecule has 1 heterocycles. The van der Waals surface area contributed by atoms with Crippen molar-refractivity contribution >= 4 is 38.8 Å². The van der Waals surface area contributed by atoms with Gasteiger partial charge in [0.25, 0.3) is 0 Å². The quantitative estimate of drug-likeness (QED) is 0.666. The van der Waals surface area contributed by atoms with Gasteiger partial charge in [0.05, 0.1) is 15.2 Å². The fraction of sp³-hybridized carbons (Fsp3) is 0. The van der Waals surface area contributed by atoms with Crippen LogP contribution in [0, 0.1) is 0 Å². The number of nitrogens with zero attached hydrogens (tertiary/aromatic N) is 1. The van der Waals surface area contributed by atoms with E-state index in [0.29, 0.717) is 0 Å². The van der Waals surface area contributed by atoms with Crippen LogP contribution in [0.5, 0.6) is 0 Å². The molecular weight excluding hydrogens is 252 g/mol. The number of aromatic nitrogens is 1. The van der Waals surface area contributed by atoms with Crippen molar-refractivity contribution in [3.8, 4) is 10.6 Å². The van der Waals surface area contributed by atoms with Gasteiger partial charge in [-0.1, -0.05) is 29.8 Å². The smallest absolute Gasteiger partial charge is 0.126 e.